The van der Waals surface area contributed by atoms with Gasteiger partial charge in [-0.15, -0.1) is 5.11 Å². The second-order valence-corrected chi connectivity index (χ2v) is 6.76. The first kappa shape index (κ1) is 20.9. The van der Waals surface area contributed by atoms with Crippen molar-refractivity contribution in [2.45, 2.75) is 13.8 Å². The van der Waals surface area contributed by atoms with Gasteiger partial charge in [0.1, 0.15) is 5.69 Å². The van der Waals surface area contributed by atoms with Gasteiger partial charge in [-0.3, -0.25) is 9.59 Å². The molecule has 3 rings (SSSR count). The fourth-order valence-corrected chi connectivity index (χ4v) is 3.01. The summed E-state index contributed by atoms with van der Waals surface area (Å²) >= 11 is 0. The van der Waals surface area contributed by atoms with Crippen LogP contribution in [0.15, 0.2) is 101 Å². The van der Waals surface area contributed by atoms with Crippen molar-refractivity contribution in [3.05, 3.63) is 102 Å². The number of para-hydroxylation sites is 1. The third-order valence-corrected chi connectivity index (χ3v) is 4.52. The van der Waals surface area contributed by atoms with E-state index in [1.165, 1.54) is 0 Å². The van der Waals surface area contributed by atoms with E-state index in [1.807, 2.05) is 43.3 Å². The molecule has 5 heteroatoms. The number of amides is 1. The van der Waals surface area contributed by atoms with Gasteiger partial charge in [-0.1, -0.05) is 61.2 Å². The molecule has 0 N–H and O–H groups in total. The molecule has 5 nitrogen and oxygen atoms in total. The number of ketones is 1. The second kappa shape index (κ2) is 9.56. The summed E-state index contributed by atoms with van der Waals surface area (Å²) in [6, 6.07) is 23.4. The number of hydrogen-bond acceptors (Lipinski definition) is 4. The van der Waals surface area contributed by atoms with Crippen LogP contribution in [0, 0.1) is 0 Å². The Morgan fingerprint density at radius 3 is 2.23 bits per heavy atom. The molecule has 0 aromatic heterocycles. The Bertz CT molecular complexity index is 1100. The van der Waals surface area contributed by atoms with Gasteiger partial charge in [0.2, 0.25) is 0 Å². The summed E-state index contributed by atoms with van der Waals surface area (Å²) in [5, 5.41) is 8.66. The van der Waals surface area contributed by atoms with Crippen LogP contribution in [0.5, 0.6) is 0 Å². The average molecular weight is 397 g/mol. The molecule has 0 saturated carbocycles. The molecule has 0 aliphatic rings. The maximum atomic E-state index is 12.7. The van der Waals surface area contributed by atoms with Crippen molar-refractivity contribution < 1.29 is 9.59 Å². The van der Waals surface area contributed by atoms with Crippen molar-refractivity contribution in [2.75, 3.05) is 11.4 Å². The van der Waals surface area contributed by atoms with Gasteiger partial charge in [-0.2, -0.15) is 5.11 Å². The van der Waals surface area contributed by atoms with Crippen LogP contribution in [-0.2, 0) is 4.79 Å². The number of nitrogens with zero attached hydrogens (tertiary/aromatic N) is 3. The zero-order valence-electron chi connectivity index (χ0n) is 17.1. The largest absolute Gasteiger partial charge is 0.307 e. The van der Waals surface area contributed by atoms with Crippen molar-refractivity contribution in [1.82, 2.24) is 0 Å². The monoisotopic (exact) mass is 397 g/mol. The van der Waals surface area contributed by atoms with E-state index in [4.69, 9.17) is 0 Å². The number of hydrogen-bond donors (Lipinski definition) is 0. The van der Waals surface area contributed by atoms with Crippen LogP contribution < -0.4 is 4.90 Å². The Kier molecular flexibility index (Phi) is 6.65. The molecule has 0 bridgehead atoms. The SMILES string of the molecule is C=C(C)C(=O)N(CC)c1ccccc1N=Nc1cccc(C(=O)c2ccccc2)c1. The molecule has 0 spiro atoms. The third kappa shape index (κ3) is 4.75. The van der Waals surface area contributed by atoms with Gasteiger partial charge < -0.3 is 4.90 Å². The highest BCUT2D eigenvalue weighted by Crippen LogP contribution is 2.31. The lowest BCUT2D eigenvalue weighted by Crippen LogP contribution is -2.30. The summed E-state index contributed by atoms with van der Waals surface area (Å²) in [5.74, 6) is -0.229. The van der Waals surface area contributed by atoms with Gasteiger partial charge in [0.05, 0.1) is 11.4 Å². The average Bonchev–Trinajstić information content (AvgIpc) is 2.79. The van der Waals surface area contributed by atoms with Crippen molar-refractivity contribution in [3.63, 3.8) is 0 Å². The number of carbonyl (C=O) groups excluding carboxylic acids is 2. The summed E-state index contributed by atoms with van der Waals surface area (Å²) in [5.41, 5.74) is 3.39. The first-order chi connectivity index (χ1) is 14.5. The standard InChI is InChI=1S/C25H23N3O2/c1-4-28(25(30)18(2)3)23-16-9-8-15-22(23)27-26-21-14-10-13-20(17-21)24(29)19-11-6-5-7-12-19/h5-17H,2,4H2,1,3H3. The number of azo groups is 1. The molecule has 3 aromatic carbocycles. The van der Waals surface area contributed by atoms with Crippen LogP contribution in [0.1, 0.15) is 29.8 Å². The normalized spacial score (nSPS) is 10.7. The third-order valence-electron chi connectivity index (χ3n) is 4.52. The minimum atomic E-state index is -0.157. The van der Waals surface area contributed by atoms with Crippen LogP contribution in [0.3, 0.4) is 0 Å². The molecule has 0 fully saturated rings. The van der Waals surface area contributed by atoms with E-state index in [-0.39, 0.29) is 11.7 Å². The fourth-order valence-electron chi connectivity index (χ4n) is 3.01. The Balaban J connectivity index is 1.89. The van der Waals surface area contributed by atoms with Crippen LogP contribution in [0.2, 0.25) is 0 Å². The molecular formula is C25H23N3O2. The first-order valence-corrected chi connectivity index (χ1v) is 9.69. The number of anilines is 1. The molecule has 0 radical (unpaired) electrons. The van der Waals surface area contributed by atoms with Crippen molar-refractivity contribution in [1.29, 1.82) is 0 Å². The van der Waals surface area contributed by atoms with E-state index >= 15 is 0 Å². The van der Waals surface area contributed by atoms with Gasteiger partial charge in [-0.05, 0) is 38.1 Å². The lowest BCUT2D eigenvalue weighted by molar-refractivity contribution is -0.115. The van der Waals surface area contributed by atoms with Crippen LogP contribution >= 0.6 is 0 Å². The van der Waals surface area contributed by atoms with E-state index < -0.39 is 0 Å². The summed E-state index contributed by atoms with van der Waals surface area (Å²) in [4.78, 5) is 26.8. The Morgan fingerprint density at radius 2 is 1.53 bits per heavy atom. The van der Waals surface area contributed by atoms with E-state index in [2.05, 4.69) is 16.8 Å². The smallest absolute Gasteiger partial charge is 0.253 e. The predicted octanol–water partition coefficient (Wildman–Crippen LogP) is 6.26. The van der Waals surface area contributed by atoms with Crippen molar-refractivity contribution in [3.8, 4) is 0 Å². The molecule has 0 aliphatic heterocycles. The number of rotatable bonds is 7. The number of likely N-dealkylation sites (N-methyl/N-ethyl adjacent to an activating group) is 1. The minimum absolute atomic E-state index is 0.0720. The van der Waals surface area contributed by atoms with E-state index in [9.17, 15) is 9.59 Å². The zero-order chi connectivity index (χ0) is 21.5. The summed E-state index contributed by atoms with van der Waals surface area (Å²) in [7, 11) is 0. The van der Waals surface area contributed by atoms with Gasteiger partial charge >= 0.3 is 0 Å². The molecule has 1 amide bonds. The highest BCUT2D eigenvalue weighted by Gasteiger charge is 2.17. The van der Waals surface area contributed by atoms with E-state index in [0.717, 1.165) is 0 Å². The minimum Gasteiger partial charge on any atom is -0.307 e. The summed E-state index contributed by atoms with van der Waals surface area (Å²) < 4.78 is 0. The van der Waals surface area contributed by atoms with Gasteiger partial charge in [-0.25, -0.2) is 0 Å². The van der Waals surface area contributed by atoms with Gasteiger partial charge in [0.25, 0.3) is 5.91 Å². The maximum Gasteiger partial charge on any atom is 0.253 e. The fraction of sp³-hybridized carbons (Fsp3) is 0.120. The highest BCUT2D eigenvalue weighted by molar-refractivity contribution is 6.09. The van der Waals surface area contributed by atoms with Crippen molar-refractivity contribution >= 4 is 28.8 Å². The molecule has 0 unspecified atom stereocenters. The van der Waals surface area contributed by atoms with E-state index in [1.54, 1.807) is 54.3 Å². The number of benzene rings is 3. The molecule has 0 aliphatic carbocycles. The first-order valence-electron chi connectivity index (χ1n) is 9.69. The molecule has 0 atom stereocenters. The summed E-state index contributed by atoms with van der Waals surface area (Å²) in [6.45, 7) is 7.81. The zero-order valence-corrected chi connectivity index (χ0v) is 17.1. The van der Waals surface area contributed by atoms with Crippen LogP contribution in [-0.4, -0.2) is 18.2 Å². The molecule has 0 saturated heterocycles. The summed E-state index contributed by atoms with van der Waals surface area (Å²) in [6.07, 6.45) is 0. The molecule has 150 valence electrons. The quantitative estimate of drug-likeness (QED) is 0.268. The molecular weight excluding hydrogens is 374 g/mol. The van der Waals surface area contributed by atoms with Crippen molar-refractivity contribution in [2.24, 2.45) is 10.2 Å². The maximum absolute atomic E-state index is 12.7. The number of carbonyl (C=O) groups is 2. The Labute approximate surface area is 176 Å². The van der Waals surface area contributed by atoms with Gasteiger partial charge in [0.15, 0.2) is 5.78 Å². The van der Waals surface area contributed by atoms with Crippen LogP contribution in [0.25, 0.3) is 0 Å². The topological polar surface area (TPSA) is 62.1 Å². The highest BCUT2D eigenvalue weighted by atomic mass is 16.2. The predicted molar refractivity (Wildman–Crippen MR) is 120 cm³/mol. The lowest BCUT2D eigenvalue weighted by atomic mass is 10.0. The second-order valence-electron chi connectivity index (χ2n) is 6.76. The van der Waals surface area contributed by atoms with Crippen LogP contribution in [0.4, 0.5) is 17.1 Å². The molecule has 30 heavy (non-hydrogen) atoms. The molecule has 3 aromatic rings. The lowest BCUT2D eigenvalue weighted by Gasteiger charge is -2.22. The Hall–Kier alpha value is -3.86. The van der Waals surface area contributed by atoms with E-state index in [0.29, 0.717) is 40.3 Å². The Morgan fingerprint density at radius 1 is 0.867 bits per heavy atom. The van der Waals surface area contributed by atoms with Gasteiger partial charge in [0, 0.05) is 23.2 Å². The molecule has 0 heterocycles.